The molecular weight excluding hydrogens is 318 g/mol. The van der Waals surface area contributed by atoms with E-state index >= 15 is 0 Å². The summed E-state index contributed by atoms with van der Waals surface area (Å²) in [4.78, 5) is 26.6. The lowest BCUT2D eigenvalue weighted by Crippen LogP contribution is -2.43. The number of rotatable bonds is 3. The molecule has 1 aromatic carbocycles. The number of methoxy groups -OCH3 is 1. The summed E-state index contributed by atoms with van der Waals surface area (Å²) in [6.45, 7) is 5.73. The summed E-state index contributed by atoms with van der Waals surface area (Å²) in [5.74, 6) is -0.132. The number of amides is 1. The smallest absolute Gasteiger partial charge is 0.411 e. The van der Waals surface area contributed by atoms with Crippen LogP contribution in [0.15, 0.2) is 24.3 Å². The van der Waals surface area contributed by atoms with Gasteiger partial charge in [0.2, 0.25) is 0 Å². The highest BCUT2D eigenvalue weighted by molar-refractivity contribution is 6.30. The second kappa shape index (κ2) is 6.89. The topological polar surface area (TPSA) is 55.8 Å². The summed E-state index contributed by atoms with van der Waals surface area (Å²) < 4.78 is 10.7. The largest absolute Gasteiger partial charge is 0.444 e. The highest BCUT2D eigenvalue weighted by Crippen LogP contribution is 2.26. The first-order chi connectivity index (χ1) is 10.7. The zero-order valence-electron chi connectivity index (χ0n) is 13.8. The van der Waals surface area contributed by atoms with Crippen LogP contribution in [-0.4, -0.2) is 48.2 Å². The molecule has 2 atom stereocenters. The van der Waals surface area contributed by atoms with Crippen molar-refractivity contribution in [3.8, 4) is 0 Å². The fourth-order valence-corrected chi connectivity index (χ4v) is 2.67. The van der Waals surface area contributed by atoms with Crippen LogP contribution in [0, 0.1) is 0 Å². The Morgan fingerprint density at radius 2 is 1.83 bits per heavy atom. The maximum Gasteiger partial charge on any atom is 0.411 e. The number of likely N-dealkylation sites (tertiary alicyclic amines) is 1. The normalized spacial score (nSPS) is 21.3. The Hall–Kier alpha value is -1.59. The molecular formula is C17H22ClNO4. The molecule has 5 nitrogen and oxygen atoms in total. The van der Waals surface area contributed by atoms with Crippen molar-refractivity contribution in [2.45, 2.75) is 44.9 Å². The van der Waals surface area contributed by atoms with Gasteiger partial charge in [0, 0.05) is 24.1 Å². The number of carbonyl (C=O) groups excluding carboxylic acids is 2. The van der Waals surface area contributed by atoms with Crippen molar-refractivity contribution >= 4 is 23.5 Å². The number of hydrogen-bond donors (Lipinski definition) is 0. The number of ketones is 1. The first kappa shape index (κ1) is 17.8. The van der Waals surface area contributed by atoms with E-state index in [2.05, 4.69) is 0 Å². The Bertz CT molecular complexity index is 579. The lowest BCUT2D eigenvalue weighted by molar-refractivity contribution is 0.0194. The number of nitrogens with zero attached hydrogens (tertiary/aromatic N) is 1. The van der Waals surface area contributed by atoms with E-state index in [1.807, 2.05) is 0 Å². The monoisotopic (exact) mass is 339 g/mol. The number of benzene rings is 1. The van der Waals surface area contributed by atoms with Crippen molar-refractivity contribution in [3.05, 3.63) is 34.9 Å². The highest BCUT2D eigenvalue weighted by Gasteiger charge is 2.41. The zero-order valence-corrected chi connectivity index (χ0v) is 14.6. The molecule has 0 N–H and O–H groups in total. The van der Waals surface area contributed by atoms with Crippen molar-refractivity contribution in [3.63, 3.8) is 0 Å². The van der Waals surface area contributed by atoms with Crippen molar-refractivity contribution in [1.29, 1.82) is 0 Å². The van der Waals surface area contributed by atoms with Crippen LogP contribution in [0.25, 0.3) is 0 Å². The van der Waals surface area contributed by atoms with Gasteiger partial charge in [-0.1, -0.05) is 11.6 Å². The second-order valence-electron chi connectivity index (χ2n) is 6.61. The molecule has 6 heteroatoms. The minimum Gasteiger partial charge on any atom is -0.444 e. The predicted octanol–water partition coefficient (Wildman–Crippen LogP) is 3.55. The molecule has 0 aromatic heterocycles. The quantitative estimate of drug-likeness (QED) is 0.790. The van der Waals surface area contributed by atoms with Gasteiger partial charge in [0.15, 0.2) is 5.78 Å². The molecule has 0 spiro atoms. The lowest BCUT2D eigenvalue weighted by atomic mass is 10.0. The van der Waals surface area contributed by atoms with Gasteiger partial charge >= 0.3 is 6.09 Å². The average Bonchev–Trinajstić information content (AvgIpc) is 2.90. The van der Waals surface area contributed by atoms with Gasteiger partial charge < -0.3 is 9.47 Å². The van der Waals surface area contributed by atoms with E-state index in [9.17, 15) is 9.59 Å². The van der Waals surface area contributed by atoms with E-state index in [1.165, 1.54) is 4.90 Å². The SMILES string of the molecule is CO[C@@H]1C[C@@H](C(=O)c2ccc(Cl)cc2)N(C(=O)OC(C)(C)C)C1. The van der Waals surface area contributed by atoms with Gasteiger partial charge in [-0.05, 0) is 45.0 Å². The van der Waals surface area contributed by atoms with Crippen LogP contribution in [0.2, 0.25) is 5.02 Å². The van der Waals surface area contributed by atoms with Crippen LogP contribution in [0.1, 0.15) is 37.6 Å². The maximum absolute atomic E-state index is 12.8. The molecule has 1 fully saturated rings. The van der Waals surface area contributed by atoms with Crippen molar-refractivity contribution < 1.29 is 19.1 Å². The van der Waals surface area contributed by atoms with Gasteiger partial charge in [0.25, 0.3) is 0 Å². The number of hydrogen-bond acceptors (Lipinski definition) is 4. The summed E-state index contributed by atoms with van der Waals surface area (Å²) in [5.41, 5.74) is -0.0967. The molecule has 1 amide bonds. The average molecular weight is 340 g/mol. The van der Waals surface area contributed by atoms with E-state index in [1.54, 1.807) is 52.1 Å². The summed E-state index contributed by atoms with van der Waals surface area (Å²) in [6.07, 6.45) is -0.217. The van der Waals surface area contributed by atoms with Crippen molar-refractivity contribution in [1.82, 2.24) is 4.90 Å². The van der Waals surface area contributed by atoms with Gasteiger partial charge in [0.1, 0.15) is 11.6 Å². The molecule has 0 aliphatic carbocycles. The third-order valence-corrected chi connectivity index (χ3v) is 3.91. The summed E-state index contributed by atoms with van der Waals surface area (Å²) in [6, 6.07) is 6.07. The molecule has 0 unspecified atom stereocenters. The van der Waals surface area contributed by atoms with Crippen molar-refractivity contribution in [2.24, 2.45) is 0 Å². The molecule has 23 heavy (non-hydrogen) atoms. The van der Waals surface area contributed by atoms with Crippen LogP contribution in [0.3, 0.4) is 0 Å². The standard InChI is InChI=1S/C17H22ClNO4/c1-17(2,3)23-16(21)19-10-13(22-4)9-14(19)15(20)11-5-7-12(18)8-6-11/h5-8,13-14H,9-10H2,1-4H3/t13-,14+/m1/s1. The first-order valence-electron chi connectivity index (χ1n) is 7.53. The minimum absolute atomic E-state index is 0.132. The number of halogens is 1. The Morgan fingerprint density at radius 3 is 2.35 bits per heavy atom. The maximum atomic E-state index is 12.8. The van der Waals surface area contributed by atoms with E-state index in [4.69, 9.17) is 21.1 Å². The summed E-state index contributed by atoms with van der Waals surface area (Å²) in [7, 11) is 1.58. The summed E-state index contributed by atoms with van der Waals surface area (Å²) in [5, 5.41) is 0.562. The number of ether oxygens (including phenoxy) is 2. The Balaban J connectivity index is 2.21. The molecule has 2 rings (SSSR count). The van der Waals surface area contributed by atoms with Crippen molar-refractivity contribution in [2.75, 3.05) is 13.7 Å². The minimum atomic E-state index is -0.615. The van der Waals surface area contributed by atoms with Crippen LogP contribution in [-0.2, 0) is 9.47 Å². The molecule has 1 heterocycles. The fraction of sp³-hybridized carbons (Fsp3) is 0.529. The van der Waals surface area contributed by atoms with Gasteiger partial charge in [0.05, 0.1) is 12.6 Å². The van der Waals surface area contributed by atoms with E-state index in [0.717, 1.165) is 0 Å². The van der Waals surface area contributed by atoms with Crippen LogP contribution in [0.5, 0.6) is 0 Å². The van der Waals surface area contributed by atoms with Gasteiger partial charge in [-0.25, -0.2) is 4.79 Å². The molecule has 0 radical (unpaired) electrons. The predicted molar refractivity (Wildman–Crippen MR) is 87.9 cm³/mol. The van der Waals surface area contributed by atoms with Gasteiger partial charge in [-0.3, -0.25) is 9.69 Å². The highest BCUT2D eigenvalue weighted by atomic mass is 35.5. The zero-order chi connectivity index (χ0) is 17.2. The van der Waals surface area contributed by atoms with Gasteiger partial charge in [-0.2, -0.15) is 0 Å². The molecule has 126 valence electrons. The van der Waals surface area contributed by atoms with Gasteiger partial charge in [-0.15, -0.1) is 0 Å². The van der Waals surface area contributed by atoms with Crippen LogP contribution >= 0.6 is 11.6 Å². The molecule has 1 aromatic rings. The third-order valence-electron chi connectivity index (χ3n) is 3.66. The van der Waals surface area contributed by atoms with Crippen LogP contribution in [0.4, 0.5) is 4.79 Å². The van der Waals surface area contributed by atoms with E-state index in [-0.39, 0.29) is 11.9 Å². The second-order valence-corrected chi connectivity index (χ2v) is 7.05. The molecule has 0 bridgehead atoms. The first-order valence-corrected chi connectivity index (χ1v) is 7.91. The Morgan fingerprint density at radius 1 is 1.22 bits per heavy atom. The third kappa shape index (κ3) is 4.45. The lowest BCUT2D eigenvalue weighted by Gasteiger charge is -2.27. The van der Waals surface area contributed by atoms with E-state index in [0.29, 0.717) is 23.6 Å². The molecule has 1 aliphatic heterocycles. The number of carbonyl (C=O) groups is 2. The Kier molecular flexibility index (Phi) is 5.32. The molecule has 1 aliphatic rings. The fourth-order valence-electron chi connectivity index (χ4n) is 2.55. The molecule has 0 saturated carbocycles. The Labute approximate surface area is 141 Å². The number of Topliss-reactive ketones (excluding diaryl/α,β-unsaturated/α-hetero) is 1. The molecule has 1 saturated heterocycles. The van der Waals surface area contributed by atoms with Crippen LogP contribution < -0.4 is 0 Å². The summed E-state index contributed by atoms with van der Waals surface area (Å²) >= 11 is 5.86. The van der Waals surface area contributed by atoms with E-state index < -0.39 is 17.7 Å².